The number of thioether (sulfide) groups is 1. The number of amides is 1. The minimum atomic E-state index is -0.508. The monoisotopic (exact) mass is 396 g/mol. The lowest BCUT2D eigenvalue weighted by Crippen LogP contribution is -2.58. The van der Waals surface area contributed by atoms with Crippen molar-refractivity contribution in [3.63, 3.8) is 0 Å². The smallest absolute Gasteiger partial charge is 0.413 e. The molecule has 1 aliphatic heterocycles. The fourth-order valence-corrected chi connectivity index (χ4v) is 4.84. The summed E-state index contributed by atoms with van der Waals surface area (Å²) in [5, 5.41) is 11.0. The Morgan fingerprint density at radius 2 is 1.96 bits per heavy atom. The largest absolute Gasteiger partial charge is 0.450 e. The minimum absolute atomic E-state index is 0.191. The molecule has 0 bridgehead atoms. The Morgan fingerprint density at radius 3 is 2.62 bits per heavy atom. The minimum Gasteiger partial charge on any atom is -0.450 e. The number of carbonyl (C=O) groups is 1. The molecule has 0 radical (unpaired) electrons. The fourth-order valence-electron chi connectivity index (χ4n) is 3.33. The van der Waals surface area contributed by atoms with Crippen molar-refractivity contribution in [3.05, 3.63) is 0 Å². The lowest BCUT2D eigenvalue weighted by molar-refractivity contribution is -0.0144. The van der Waals surface area contributed by atoms with E-state index < -0.39 is 6.09 Å². The molecule has 1 fully saturated rings. The van der Waals surface area contributed by atoms with Crippen LogP contribution in [0, 0.1) is 11.8 Å². The molecule has 6 nitrogen and oxygen atoms in total. The Labute approximate surface area is 164 Å². The van der Waals surface area contributed by atoms with Crippen LogP contribution in [-0.2, 0) is 4.74 Å². The molecule has 1 aliphatic rings. The molecule has 0 unspecified atom stereocenters. The number of carbonyl (C=O) groups excluding carboxylic acids is 1. The zero-order chi connectivity index (χ0) is 19.2. The summed E-state index contributed by atoms with van der Waals surface area (Å²) < 4.78 is 5.60. The first-order valence-corrected chi connectivity index (χ1v) is 10.7. The molecule has 0 saturated carbocycles. The number of nitrogens with one attached hydrogen (secondary N) is 1. The molecule has 0 atom stereocenters. The maximum absolute atomic E-state index is 11.3. The third-order valence-corrected chi connectivity index (χ3v) is 6.41. The molecule has 144 valence electrons. The lowest BCUT2D eigenvalue weighted by Gasteiger charge is -2.52. The zero-order valence-electron chi connectivity index (χ0n) is 16.2. The summed E-state index contributed by atoms with van der Waals surface area (Å²) in [6, 6.07) is 0. The number of aromatic nitrogens is 2. The van der Waals surface area contributed by atoms with Crippen molar-refractivity contribution in [2.24, 2.45) is 0 Å². The molecule has 2 rings (SSSR count). The number of piperidine rings is 1. The molecule has 1 amide bonds. The molecular weight excluding hydrogens is 368 g/mol. The van der Waals surface area contributed by atoms with Gasteiger partial charge in [0.05, 0.1) is 18.9 Å². The second-order valence-electron chi connectivity index (χ2n) is 7.43. The van der Waals surface area contributed by atoms with Crippen LogP contribution < -0.4 is 5.32 Å². The van der Waals surface area contributed by atoms with E-state index in [2.05, 4.69) is 59.9 Å². The highest BCUT2D eigenvalue weighted by atomic mass is 32.2. The molecule has 1 saturated heterocycles. The van der Waals surface area contributed by atoms with E-state index in [9.17, 15) is 4.79 Å². The van der Waals surface area contributed by atoms with Gasteiger partial charge in [-0.2, -0.15) is 0 Å². The first-order chi connectivity index (χ1) is 12.2. The van der Waals surface area contributed by atoms with E-state index >= 15 is 0 Å². The van der Waals surface area contributed by atoms with Gasteiger partial charge in [-0.15, -0.1) is 10.2 Å². The van der Waals surface area contributed by atoms with Crippen LogP contribution in [0.5, 0.6) is 0 Å². The maximum atomic E-state index is 11.3. The van der Waals surface area contributed by atoms with E-state index in [1.807, 2.05) is 0 Å². The van der Waals surface area contributed by atoms with Gasteiger partial charge in [-0.05, 0) is 53.9 Å². The lowest BCUT2D eigenvalue weighted by atomic mass is 9.80. The average Bonchev–Trinajstić information content (AvgIpc) is 2.96. The molecule has 1 aromatic rings. The Kier molecular flexibility index (Phi) is 7.33. The van der Waals surface area contributed by atoms with Crippen LogP contribution >= 0.6 is 23.1 Å². The predicted octanol–water partition coefficient (Wildman–Crippen LogP) is 4.25. The van der Waals surface area contributed by atoms with Crippen molar-refractivity contribution in [3.8, 4) is 11.8 Å². The van der Waals surface area contributed by atoms with Gasteiger partial charge in [0.2, 0.25) is 5.13 Å². The van der Waals surface area contributed by atoms with Crippen LogP contribution in [0.15, 0.2) is 4.34 Å². The van der Waals surface area contributed by atoms with Crippen molar-refractivity contribution in [1.29, 1.82) is 0 Å². The van der Waals surface area contributed by atoms with Crippen LogP contribution in [0.2, 0.25) is 0 Å². The van der Waals surface area contributed by atoms with E-state index in [1.165, 1.54) is 42.4 Å². The Morgan fingerprint density at radius 1 is 1.27 bits per heavy atom. The van der Waals surface area contributed by atoms with E-state index in [0.29, 0.717) is 17.5 Å². The molecule has 0 spiro atoms. The second kappa shape index (κ2) is 9.07. The molecule has 26 heavy (non-hydrogen) atoms. The van der Waals surface area contributed by atoms with Gasteiger partial charge in [0, 0.05) is 11.1 Å². The van der Waals surface area contributed by atoms with Crippen molar-refractivity contribution in [2.45, 2.75) is 69.3 Å². The average molecular weight is 397 g/mol. The van der Waals surface area contributed by atoms with E-state index in [4.69, 9.17) is 4.74 Å². The molecule has 0 aliphatic carbocycles. The third kappa shape index (κ3) is 5.86. The first kappa shape index (κ1) is 21.0. The summed E-state index contributed by atoms with van der Waals surface area (Å²) in [7, 11) is 0. The highest BCUT2D eigenvalue weighted by molar-refractivity contribution is 8.01. The number of nitrogens with zero attached hydrogens (tertiary/aromatic N) is 3. The molecule has 0 aromatic carbocycles. The van der Waals surface area contributed by atoms with Gasteiger partial charge in [-0.3, -0.25) is 10.2 Å². The quantitative estimate of drug-likeness (QED) is 0.456. The normalized spacial score (nSPS) is 18.7. The summed E-state index contributed by atoms with van der Waals surface area (Å²) in [4.78, 5) is 13.9. The summed E-state index contributed by atoms with van der Waals surface area (Å²) in [6.07, 6.45) is 3.20. The summed E-state index contributed by atoms with van der Waals surface area (Å²) in [5.41, 5.74) is 0.382. The Balaban J connectivity index is 1.82. The highest BCUT2D eigenvalue weighted by Crippen LogP contribution is 2.37. The van der Waals surface area contributed by atoms with Crippen molar-refractivity contribution >= 4 is 34.3 Å². The number of hydrogen-bond acceptors (Lipinski definition) is 7. The van der Waals surface area contributed by atoms with E-state index in [1.54, 1.807) is 6.92 Å². The highest BCUT2D eigenvalue weighted by Gasteiger charge is 2.40. The number of likely N-dealkylation sites (tertiary alicyclic amines) is 1. The standard InChI is InChI=1S/C18H28N4O2S2/c1-6-24-15(23)19-14-20-21-16(26-14)25-13-8-7-12-22-17(2,3)10-9-11-18(22,4)5/h6,9-13H2,1-5H3,(H,19,20,23). The van der Waals surface area contributed by atoms with Gasteiger partial charge in [-0.1, -0.05) is 34.9 Å². The van der Waals surface area contributed by atoms with E-state index in [-0.39, 0.29) is 11.1 Å². The van der Waals surface area contributed by atoms with Gasteiger partial charge in [-0.25, -0.2) is 4.79 Å². The SMILES string of the molecule is CCOC(=O)Nc1nnc(SCC#CCN2C(C)(C)CCCC2(C)C)s1. The Bertz CT molecular complexity index is 660. The fraction of sp³-hybridized carbons (Fsp3) is 0.722. The van der Waals surface area contributed by atoms with Crippen LogP contribution in [-0.4, -0.2) is 51.2 Å². The van der Waals surface area contributed by atoms with Crippen LogP contribution in [0.3, 0.4) is 0 Å². The van der Waals surface area contributed by atoms with Crippen molar-refractivity contribution in [2.75, 3.05) is 24.2 Å². The van der Waals surface area contributed by atoms with Crippen LogP contribution in [0.4, 0.5) is 9.93 Å². The van der Waals surface area contributed by atoms with Crippen molar-refractivity contribution < 1.29 is 9.53 Å². The molecule has 1 aromatic heterocycles. The Hall–Kier alpha value is -1.30. The molecular formula is C18H28N4O2S2. The number of rotatable bonds is 5. The summed E-state index contributed by atoms with van der Waals surface area (Å²) in [5.74, 6) is 7.19. The van der Waals surface area contributed by atoms with E-state index in [0.717, 1.165) is 10.9 Å². The second-order valence-corrected chi connectivity index (χ2v) is 9.63. The van der Waals surface area contributed by atoms with Crippen LogP contribution in [0.25, 0.3) is 0 Å². The number of hydrogen-bond donors (Lipinski definition) is 1. The summed E-state index contributed by atoms with van der Waals surface area (Å²) in [6.45, 7) is 12.1. The van der Waals surface area contributed by atoms with Crippen LogP contribution in [0.1, 0.15) is 53.9 Å². The van der Waals surface area contributed by atoms with Gasteiger partial charge < -0.3 is 4.74 Å². The van der Waals surface area contributed by atoms with Gasteiger partial charge in [0.1, 0.15) is 0 Å². The zero-order valence-corrected chi connectivity index (χ0v) is 17.9. The molecule has 8 heteroatoms. The number of anilines is 1. The predicted molar refractivity (Wildman–Crippen MR) is 108 cm³/mol. The topological polar surface area (TPSA) is 67.3 Å². The van der Waals surface area contributed by atoms with Gasteiger partial charge >= 0.3 is 6.09 Å². The molecule has 2 heterocycles. The molecule has 1 N–H and O–H groups in total. The van der Waals surface area contributed by atoms with Crippen molar-refractivity contribution in [1.82, 2.24) is 15.1 Å². The third-order valence-electron chi connectivity index (χ3n) is 4.56. The number of ether oxygens (including phenoxy) is 1. The maximum Gasteiger partial charge on any atom is 0.413 e. The van der Waals surface area contributed by atoms with Gasteiger partial charge in [0.25, 0.3) is 0 Å². The first-order valence-electron chi connectivity index (χ1n) is 8.88. The summed E-state index contributed by atoms with van der Waals surface area (Å²) >= 11 is 2.85. The van der Waals surface area contributed by atoms with Gasteiger partial charge in [0.15, 0.2) is 4.34 Å².